The van der Waals surface area contributed by atoms with Crippen LogP contribution in [-0.4, -0.2) is 11.5 Å². The van der Waals surface area contributed by atoms with E-state index >= 15 is 0 Å². The molecule has 0 atom stereocenters. The van der Waals surface area contributed by atoms with Crippen molar-refractivity contribution in [2.24, 2.45) is 0 Å². The fraction of sp³-hybridized carbons (Fsp3) is 0.214. The molecule has 0 radical (unpaired) electrons. The van der Waals surface area contributed by atoms with Gasteiger partial charge in [-0.05, 0) is 44.2 Å². The average molecular weight is 243 g/mol. The van der Waals surface area contributed by atoms with Crippen molar-refractivity contribution in [1.29, 1.82) is 0 Å². The summed E-state index contributed by atoms with van der Waals surface area (Å²) in [6.45, 7) is 3.48. The van der Waals surface area contributed by atoms with E-state index in [4.69, 9.17) is 9.15 Å². The minimum atomic E-state index is -0.834. The van der Waals surface area contributed by atoms with Crippen LogP contribution >= 0.6 is 0 Å². The number of rotatable bonds is 1. The molecule has 1 N–H and O–H groups in total. The molecule has 0 saturated heterocycles. The van der Waals surface area contributed by atoms with E-state index in [2.05, 4.69) is 5.32 Å². The molecule has 1 aromatic heterocycles. The lowest BCUT2D eigenvalue weighted by Gasteiger charge is -2.31. The van der Waals surface area contributed by atoms with Crippen molar-refractivity contribution in [1.82, 2.24) is 0 Å². The van der Waals surface area contributed by atoms with Gasteiger partial charge in [-0.1, -0.05) is 0 Å². The Morgan fingerprint density at radius 1 is 1.22 bits per heavy atom. The molecule has 2 aromatic rings. The Labute approximate surface area is 105 Å². The molecule has 0 aliphatic carbocycles. The van der Waals surface area contributed by atoms with Gasteiger partial charge < -0.3 is 14.5 Å². The third kappa shape index (κ3) is 1.66. The number of carbonyl (C=O) groups excluding carboxylic acids is 1. The maximum absolute atomic E-state index is 11.8. The lowest BCUT2D eigenvalue weighted by Crippen LogP contribution is -2.45. The van der Waals surface area contributed by atoms with Gasteiger partial charge in [-0.2, -0.15) is 0 Å². The van der Waals surface area contributed by atoms with E-state index in [1.165, 1.54) is 0 Å². The van der Waals surface area contributed by atoms with Gasteiger partial charge in [0.15, 0.2) is 5.60 Å². The summed E-state index contributed by atoms with van der Waals surface area (Å²) < 4.78 is 11.0. The van der Waals surface area contributed by atoms with E-state index in [1.807, 2.05) is 30.3 Å². The first-order valence-corrected chi connectivity index (χ1v) is 5.75. The number of hydrogen-bond acceptors (Lipinski definition) is 3. The molecule has 92 valence electrons. The first kappa shape index (κ1) is 10.9. The van der Waals surface area contributed by atoms with Crippen LogP contribution < -0.4 is 10.1 Å². The molecule has 4 heteroatoms. The van der Waals surface area contributed by atoms with Gasteiger partial charge in [0.2, 0.25) is 0 Å². The van der Waals surface area contributed by atoms with Gasteiger partial charge in [-0.25, -0.2) is 0 Å². The Balaban J connectivity index is 2.03. The smallest absolute Gasteiger partial charge is 0.268 e. The molecule has 0 unspecified atom stereocenters. The minimum Gasteiger partial charge on any atom is -0.476 e. The number of ether oxygens (including phenoxy) is 1. The average Bonchev–Trinajstić information content (AvgIpc) is 2.83. The van der Waals surface area contributed by atoms with Crippen molar-refractivity contribution in [3.05, 3.63) is 36.6 Å². The molecule has 0 spiro atoms. The predicted octanol–water partition coefficient (Wildman–Crippen LogP) is 3.06. The highest BCUT2D eigenvalue weighted by atomic mass is 16.5. The quantitative estimate of drug-likeness (QED) is 0.837. The molecule has 0 saturated carbocycles. The molecule has 18 heavy (non-hydrogen) atoms. The first-order valence-electron chi connectivity index (χ1n) is 5.75. The maximum atomic E-state index is 11.8. The van der Waals surface area contributed by atoms with Crippen molar-refractivity contribution < 1.29 is 13.9 Å². The van der Waals surface area contributed by atoms with Crippen LogP contribution in [0.2, 0.25) is 0 Å². The summed E-state index contributed by atoms with van der Waals surface area (Å²) in [5.74, 6) is 1.29. The summed E-state index contributed by atoms with van der Waals surface area (Å²) in [5.41, 5.74) is 0.745. The van der Waals surface area contributed by atoms with Gasteiger partial charge in [0, 0.05) is 5.56 Å². The zero-order valence-electron chi connectivity index (χ0n) is 10.2. The molecule has 1 aliphatic heterocycles. The van der Waals surface area contributed by atoms with Gasteiger partial charge in [-0.3, -0.25) is 4.79 Å². The molecule has 2 heterocycles. The number of amides is 1. The largest absolute Gasteiger partial charge is 0.476 e. The molecule has 4 nitrogen and oxygen atoms in total. The summed E-state index contributed by atoms with van der Waals surface area (Å²) >= 11 is 0. The molecule has 1 aliphatic rings. The number of hydrogen-bond donors (Lipinski definition) is 1. The van der Waals surface area contributed by atoms with Crippen molar-refractivity contribution in [3.63, 3.8) is 0 Å². The number of anilines is 1. The highest BCUT2D eigenvalue weighted by Crippen LogP contribution is 2.36. The fourth-order valence-electron chi connectivity index (χ4n) is 1.91. The lowest BCUT2D eigenvalue weighted by molar-refractivity contribution is -0.129. The lowest BCUT2D eigenvalue weighted by atomic mass is 10.0. The van der Waals surface area contributed by atoms with E-state index in [1.54, 1.807) is 20.1 Å². The zero-order valence-corrected chi connectivity index (χ0v) is 10.2. The van der Waals surface area contributed by atoms with Crippen molar-refractivity contribution >= 4 is 11.6 Å². The predicted molar refractivity (Wildman–Crippen MR) is 67.5 cm³/mol. The molecule has 1 aromatic carbocycles. The Kier molecular flexibility index (Phi) is 2.20. The first-order chi connectivity index (χ1) is 8.56. The Bertz CT molecular complexity index is 600. The van der Waals surface area contributed by atoms with Gasteiger partial charge in [0.25, 0.3) is 5.91 Å². The number of nitrogens with one attached hydrogen (secondary N) is 1. The van der Waals surface area contributed by atoms with Crippen LogP contribution in [0.4, 0.5) is 5.69 Å². The molecule has 1 amide bonds. The molecule has 3 rings (SSSR count). The van der Waals surface area contributed by atoms with Crippen molar-refractivity contribution in [3.8, 4) is 17.1 Å². The summed E-state index contributed by atoms with van der Waals surface area (Å²) in [4.78, 5) is 11.8. The Morgan fingerprint density at radius 3 is 2.78 bits per heavy atom. The molecule has 0 bridgehead atoms. The third-order valence-corrected chi connectivity index (χ3v) is 2.95. The van der Waals surface area contributed by atoms with E-state index in [9.17, 15) is 4.79 Å². The Morgan fingerprint density at radius 2 is 2.06 bits per heavy atom. The second-order valence-corrected chi connectivity index (χ2v) is 4.75. The summed E-state index contributed by atoms with van der Waals surface area (Å²) in [6.07, 6.45) is 1.62. The standard InChI is InChI=1S/C14H13NO3/c1-14(2)13(16)15-10-8-9(5-6-12(10)18-14)11-4-3-7-17-11/h3-8H,1-2H3,(H,15,16). The van der Waals surface area contributed by atoms with Crippen molar-refractivity contribution in [2.75, 3.05) is 5.32 Å². The van der Waals surface area contributed by atoms with Gasteiger partial charge in [0.1, 0.15) is 11.5 Å². The summed E-state index contributed by atoms with van der Waals surface area (Å²) in [5, 5.41) is 2.85. The van der Waals surface area contributed by atoms with E-state index in [-0.39, 0.29) is 5.91 Å². The van der Waals surface area contributed by atoms with Crippen LogP contribution in [0.15, 0.2) is 41.0 Å². The second-order valence-electron chi connectivity index (χ2n) is 4.75. The second kappa shape index (κ2) is 3.63. The number of carbonyl (C=O) groups is 1. The van der Waals surface area contributed by atoms with Gasteiger partial charge >= 0.3 is 0 Å². The highest BCUT2D eigenvalue weighted by molar-refractivity contribution is 6.00. The van der Waals surface area contributed by atoms with Crippen LogP contribution in [0, 0.1) is 0 Å². The number of benzene rings is 1. The number of furan rings is 1. The van der Waals surface area contributed by atoms with Crippen molar-refractivity contribution in [2.45, 2.75) is 19.4 Å². The SMILES string of the molecule is CC1(C)Oc2ccc(-c3ccco3)cc2NC1=O. The summed E-state index contributed by atoms with van der Waals surface area (Å²) in [7, 11) is 0. The number of fused-ring (bicyclic) bond motifs is 1. The molecular formula is C14H13NO3. The topological polar surface area (TPSA) is 51.5 Å². The van der Waals surface area contributed by atoms with Crippen LogP contribution in [0.1, 0.15) is 13.8 Å². The minimum absolute atomic E-state index is 0.147. The van der Waals surface area contributed by atoms with E-state index in [0.717, 1.165) is 11.3 Å². The van der Waals surface area contributed by atoms with Crippen LogP contribution in [0.5, 0.6) is 5.75 Å². The van der Waals surface area contributed by atoms with Crippen LogP contribution in [0.3, 0.4) is 0 Å². The van der Waals surface area contributed by atoms with Crippen LogP contribution in [-0.2, 0) is 4.79 Å². The maximum Gasteiger partial charge on any atom is 0.268 e. The third-order valence-electron chi connectivity index (χ3n) is 2.95. The molecule has 0 fully saturated rings. The van der Waals surface area contributed by atoms with E-state index in [0.29, 0.717) is 11.4 Å². The van der Waals surface area contributed by atoms with Gasteiger partial charge in [0.05, 0.1) is 12.0 Å². The monoisotopic (exact) mass is 243 g/mol. The van der Waals surface area contributed by atoms with E-state index < -0.39 is 5.60 Å². The zero-order chi connectivity index (χ0) is 12.8. The molecular weight excluding hydrogens is 230 g/mol. The summed E-state index contributed by atoms with van der Waals surface area (Å²) in [6, 6.07) is 9.30. The normalized spacial score (nSPS) is 16.7. The van der Waals surface area contributed by atoms with Gasteiger partial charge in [-0.15, -0.1) is 0 Å². The van der Waals surface area contributed by atoms with Crippen LogP contribution in [0.25, 0.3) is 11.3 Å². The Hall–Kier alpha value is -2.23. The highest BCUT2D eigenvalue weighted by Gasteiger charge is 2.35. The fourth-order valence-corrected chi connectivity index (χ4v) is 1.91.